The van der Waals surface area contributed by atoms with E-state index in [-0.39, 0.29) is 18.2 Å². The maximum absolute atomic E-state index is 12.8. The molecule has 1 fully saturated rings. The maximum atomic E-state index is 12.8. The first-order chi connectivity index (χ1) is 15.2. The third-order valence-electron chi connectivity index (χ3n) is 4.40. The Morgan fingerprint density at radius 2 is 1.84 bits per heavy atom. The quantitative estimate of drug-likeness (QED) is 0.216. The molecule has 0 aromatic heterocycles. The first-order valence-corrected chi connectivity index (χ1v) is 12.0. The smallest absolute Gasteiger partial charge is 0.266 e. The fourth-order valence-corrected chi connectivity index (χ4v) is 4.31. The standard InChI is InChI=1S/C22H19Cl3N2O3S2/c1-2-18(28)26-20(22(23,24)25)30-16-10-8-14(9-11-16)12-17-19(29)27(21(31)32-17)13-15-6-4-3-5-7-15/h3-12,20H,2,13H2,1H3,(H,26,28)/b17-12-/t20-/m1/s1. The van der Waals surface area contributed by atoms with Crippen molar-refractivity contribution < 1.29 is 14.3 Å². The molecular weight excluding hydrogens is 511 g/mol. The van der Waals surface area contributed by atoms with Crippen LogP contribution in [0.4, 0.5) is 0 Å². The van der Waals surface area contributed by atoms with Crippen molar-refractivity contribution in [2.75, 3.05) is 0 Å². The molecule has 0 saturated carbocycles. The predicted molar refractivity (Wildman–Crippen MR) is 135 cm³/mol. The van der Waals surface area contributed by atoms with E-state index in [9.17, 15) is 9.59 Å². The molecule has 2 aromatic carbocycles. The van der Waals surface area contributed by atoms with Crippen molar-refractivity contribution in [3.63, 3.8) is 0 Å². The van der Waals surface area contributed by atoms with Gasteiger partial charge in [0, 0.05) is 6.42 Å². The molecule has 1 aliphatic heterocycles. The van der Waals surface area contributed by atoms with Gasteiger partial charge in [-0.1, -0.05) is 108 Å². The summed E-state index contributed by atoms with van der Waals surface area (Å²) < 4.78 is 4.31. The van der Waals surface area contributed by atoms with Crippen LogP contribution >= 0.6 is 58.8 Å². The van der Waals surface area contributed by atoms with Crippen LogP contribution < -0.4 is 10.1 Å². The highest BCUT2D eigenvalue weighted by molar-refractivity contribution is 8.26. The molecule has 0 radical (unpaired) electrons. The van der Waals surface area contributed by atoms with E-state index in [0.717, 1.165) is 11.1 Å². The number of thiocarbonyl (C=S) groups is 1. The van der Waals surface area contributed by atoms with E-state index in [2.05, 4.69) is 5.32 Å². The molecule has 1 saturated heterocycles. The molecule has 1 atom stereocenters. The zero-order valence-corrected chi connectivity index (χ0v) is 20.8. The van der Waals surface area contributed by atoms with E-state index in [1.54, 1.807) is 42.2 Å². The molecular formula is C22H19Cl3N2O3S2. The summed E-state index contributed by atoms with van der Waals surface area (Å²) in [5.74, 6) is -0.0512. The minimum atomic E-state index is -1.85. The number of alkyl halides is 3. The van der Waals surface area contributed by atoms with Crippen LogP contribution in [0.2, 0.25) is 0 Å². The van der Waals surface area contributed by atoms with E-state index >= 15 is 0 Å². The molecule has 0 unspecified atom stereocenters. The van der Waals surface area contributed by atoms with Gasteiger partial charge in [-0.15, -0.1) is 0 Å². The van der Waals surface area contributed by atoms with E-state index < -0.39 is 10.0 Å². The lowest BCUT2D eigenvalue weighted by molar-refractivity contribution is -0.123. The SMILES string of the molecule is CCC(=O)N[C@H](Oc1ccc(/C=C2\SC(=S)N(Cc3ccccc3)C2=O)cc1)C(Cl)(Cl)Cl. The topological polar surface area (TPSA) is 58.6 Å². The van der Waals surface area contributed by atoms with Gasteiger partial charge in [0.1, 0.15) is 10.1 Å². The fraction of sp³-hybridized carbons (Fsp3) is 0.227. The number of hydrogen-bond acceptors (Lipinski definition) is 5. The normalized spacial score (nSPS) is 16.4. The van der Waals surface area contributed by atoms with E-state index in [1.165, 1.54) is 11.8 Å². The van der Waals surface area contributed by atoms with Gasteiger partial charge < -0.3 is 10.1 Å². The lowest BCUT2D eigenvalue weighted by atomic mass is 10.2. The van der Waals surface area contributed by atoms with Crippen LogP contribution in [0, 0.1) is 0 Å². The van der Waals surface area contributed by atoms with Gasteiger partial charge in [0.25, 0.3) is 5.91 Å². The number of ether oxygens (including phenoxy) is 1. The van der Waals surface area contributed by atoms with Crippen molar-refractivity contribution in [2.24, 2.45) is 0 Å². The minimum absolute atomic E-state index is 0.136. The molecule has 0 spiro atoms. The number of amides is 2. The molecule has 10 heteroatoms. The van der Waals surface area contributed by atoms with Gasteiger partial charge >= 0.3 is 0 Å². The number of thioether (sulfide) groups is 1. The number of hydrogen-bond donors (Lipinski definition) is 1. The third-order valence-corrected chi connectivity index (χ3v) is 6.37. The van der Waals surface area contributed by atoms with Crippen LogP contribution in [-0.4, -0.2) is 31.1 Å². The highest BCUT2D eigenvalue weighted by atomic mass is 35.6. The first kappa shape index (κ1) is 24.9. The van der Waals surface area contributed by atoms with Crippen molar-refractivity contribution >= 4 is 81.0 Å². The molecule has 2 amide bonds. The Kier molecular flexibility index (Phi) is 8.47. The molecule has 0 bridgehead atoms. The number of carbonyl (C=O) groups is 2. The first-order valence-electron chi connectivity index (χ1n) is 9.59. The Morgan fingerprint density at radius 3 is 2.44 bits per heavy atom. The summed E-state index contributed by atoms with van der Waals surface area (Å²) in [4.78, 5) is 26.6. The van der Waals surface area contributed by atoms with E-state index in [1.807, 2.05) is 30.3 Å². The lowest BCUT2D eigenvalue weighted by Crippen LogP contribution is -2.47. The van der Waals surface area contributed by atoms with E-state index in [0.29, 0.717) is 21.5 Å². The summed E-state index contributed by atoms with van der Waals surface area (Å²) in [6.07, 6.45) is 0.835. The van der Waals surface area contributed by atoms with Crippen LogP contribution in [-0.2, 0) is 16.1 Å². The van der Waals surface area contributed by atoms with Gasteiger partial charge in [-0.3, -0.25) is 14.5 Å². The summed E-state index contributed by atoms with van der Waals surface area (Å²) >= 11 is 24.4. The second kappa shape index (κ2) is 10.9. The van der Waals surface area contributed by atoms with E-state index in [4.69, 9.17) is 51.8 Å². The van der Waals surface area contributed by atoms with Crippen molar-refractivity contribution in [3.8, 4) is 5.75 Å². The second-order valence-corrected chi connectivity index (χ2v) is 10.8. The number of carbonyl (C=O) groups excluding carboxylic acids is 2. The average molecular weight is 530 g/mol. The highest BCUT2D eigenvalue weighted by Gasteiger charge is 2.36. The molecule has 168 valence electrons. The van der Waals surface area contributed by atoms with Gasteiger partial charge in [-0.2, -0.15) is 0 Å². The zero-order valence-electron chi connectivity index (χ0n) is 16.9. The Labute approximate surface area is 211 Å². The van der Waals surface area contributed by atoms with Gasteiger partial charge in [0.15, 0.2) is 0 Å². The second-order valence-electron chi connectivity index (χ2n) is 6.78. The van der Waals surface area contributed by atoms with Crippen LogP contribution in [0.3, 0.4) is 0 Å². The Balaban J connectivity index is 1.70. The summed E-state index contributed by atoms with van der Waals surface area (Å²) in [6.45, 7) is 2.11. The molecule has 3 rings (SSSR count). The number of halogens is 3. The Morgan fingerprint density at radius 1 is 1.19 bits per heavy atom. The summed E-state index contributed by atoms with van der Waals surface area (Å²) in [7, 11) is 0. The Bertz CT molecular complexity index is 1020. The number of nitrogens with zero attached hydrogens (tertiary/aromatic N) is 1. The Hall–Kier alpha value is -1.77. The highest BCUT2D eigenvalue weighted by Crippen LogP contribution is 2.35. The van der Waals surface area contributed by atoms with Crippen LogP contribution in [0.25, 0.3) is 6.08 Å². The molecule has 0 aliphatic carbocycles. The van der Waals surface area contributed by atoms with Crippen LogP contribution in [0.5, 0.6) is 5.75 Å². The molecule has 2 aromatic rings. The minimum Gasteiger partial charge on any atom is -0.466 e. The molecule has 1 aliphatic rings. The van der Waals surface area contributed by atoms with Crippen molar-refractivity contribution in [2.45, 2.75) is 29.9 Å². The predicted octanol–water partition coefficient (Wildman–Crippen LogP) is 5.69. The molecule has 1 N–H and O–H groups in total. The average Bonchev–Trinajstić information content (AvgIpc) is 3.02. The van der Waals surface area contributed by atoms with Gasteiger partial charge in [-0.25, -0.2) is 0 Å². The van der Waals surface area contributed by atoms with Crippen molar-refractivity contribution in [3.05, 3.63) is 70.6 Å². The summed E-state index contributed by atoms with van der Waals surface area (Å²) in [5, 5.41) is 2.53. The van der Waals surface area contributed by atoms with Crippen LogP contribution in [0.15, 0.2) is 59.5 Å². The number of rotatable bonds is 7. The van der Waals surface area contributed by atoms with Gasteiger partial charge in [0.2, 0.25) is 15.9 Å². The van der Waals surface area contributed by atoms with Gasteiger partial charge in [0.05, 0.1) is 11.4 Å². The molecule has 1 heterocycles. The fourth-order valence-electron chi connectivity index (χ4n) is 2.76. The zero-order chi connectivity index (χ0) is 23.3. The lowest BCUT2D eigenvalue weighted by Gasteiger charge is -2.26. The summed E-state index contributed by atoms with van der Waals surface area (Å²) in [5.41, 5.74) is 1.78. The molecule has 5 nitrogen and oxygen atoms in total. The third kappa shape index (κ3) is 6.62. The molecule has 32 heavy (non-hydrogen) atoms. The van der Waals surface area contributed by atoms with Crippen molar-refractivity contribution in [1.29, 1.82) is 0 Å². The van der Waals surface area contributed by atoms with Crippen LogP contribution in [0.1, 0.15) is 24.5 Å². The van der Waals surface area contributed by atoms with Crippen molar-refractivity contribution in [1.82, 2.24) is 10.2 Å². The number of benzene rings is 2. The van der Waals surface area contributed by atoms with Gasteiger partial charge in [-0.05, 0) is 29.3 Å². The largest absolute Gasteiger partial charge is 0.466 e. The summed E-state index contributed by atoms with van der Waals surface area (Å²) in [6, 6.07) is 16.5. The maximum Gasteiger partial charge on any atom is 0.266 e. The monoisotopic (exact) mass is 528 g/mol. The number of nitrogens with one attached hydrogen (secondary N) is 1.